The highest BCUT2D eigenvalue weighted by Gasteiger charge is 2.33. The predicted molar refractivity (Wildman–Crippen MR) is 94.1 cm³/mol. The number of rotatable bonds is 4. The van der Waals surface area contributed by atoms with Crippen LogP contribution in [0.15, 0.2) is 47.4 Å². The van der Waals surface area contributed by atoms with Gasteiger partial charge in [-0.1, -0.05) is 6.07 Å². The van der Waals surface area contributed by atoms with E-state index in [-0.39, 0.29) is 31.1 Å². The number of amides is 1. The van der Waals surface area contributed by atoms with Gasteiger partial charge in [-0.3, -0.25) is 4.79 Å². The summed E-state index contributed by atoms with van der Waals surface area (Å²) in [6.07, 6.45) is -4.90. The smallest absolute Gasteiger partial charge is 0.406 e. The molecule has 1 amide bonds. The molecule has 1 heterocycles. The zero-order valence-electron chi connectivity index (χ0n) is 15.2. The second-order valence-electron chi connectivity index (χ2n) is 6.31. The Hall–Kier alpha value is -2.73. The SMILES string of the molecule is O=C(c1c(F)cccc1F)N1CCN(S(=O)(=O)c2ccc(OC(F)(F)F)cc2)CC1. The van der Waals surface area contributed by atoms with E-state index in [4.69, 9.17) is 0 Å². The van der Waals surface area contributed by atoms with E-state index < -0.39 is 45.2 Å². The van der Waals surface area contributed by atoms with Crippen LogP contribution in [-0.2, 0) is 10.0 Å². The Bertz CT molecular complexity index is 1010. The number of benzene rings is 2. The van der Waals surface area contributed by atoms with E-state index in [1.807, 2.05) is 0 Å². The van der Waals surface area contributed by atoms with E-state index in [1.165, 1.54) is 0 Å². The number of sulfonamides is 1. The molecule has 0 unspecified atom stereocenters. The Balaban J connectivity index is 1.69. The second-order valence-corrected chi connectivity index (χ2v) is 8.25. The second kappa shape index (κ2) is 8.19. The van der Waals surface area contributed by atoms with Crippen LogP contribution in [-0.4, -0.2) is 56.1 Å². The first-order chi connectivity index (χ1) is 14.0. The average Bonchev–Trinajstić information content (AvgIpc) is 2.67. The monoisotopic (exact) mass is 450 g/mol. The molecule has 1 saturated heterocycles. The van der Waals surface area contributed by atoms with Gasteiger partial charge in [-0.15, -0.1) is 13.2 Å². The van der Waals surface area contributed by atoms with Gasteiger partial charge in [0, 0.05) is 26.2 Å². The molecule has 12 heteroatoms. The average molecular weight is 450 g/mol. The van der Waals surface area contributed by atoms with E-state index >= 15 is 0 Å². The number of piperazine rings is 1. The normalized spacial score (nSPS) is 15.8. The minimum atomic E-state index is -4.90. The Morgan fingerprint density at radius 2 is 1.43 bits per heavy atom. The van der Waals surface area contributed by atoms with Crippen molar-refractivity contribution in [2.24, 2.45) is 0 Å². The number of halogens is 5. The van der Waals surface area contributed by atoms with Crippen LogP contribution in [0.4, 0.5) is 22.0 Å². The molecule has 0 aliphatic carbocycles. The van der Waals surface area contributed by atoms with E-state index in [0.29, 0.717) is 0 Å². The van der Waals surface area contributed by atoms with Crippen molar-refractivity contribution in [3.8, 4) is 5.75 Å². The zero-order valence-corrected chi connectivity index (χ0v) is 16.0. The van der Waals surface area contributed by atoms with Crippen molar-refractivity contribution in [1.82, 2.24) is 9.21 Å². The molecular weight excluding hydrogens is 435 g/mol. The number of alkyl halides is 3. The number of nitrogens with zero attached hydrogens (tertiary/aromatic N) is 2. The molecule has 0 bridgehead atoms. The molecule has 0 N–H and O–H groups in total. The lowest BCUT2D eigenvalue weighted by Crippen LogP contribution is -2.50. The fourth-order valence-corrected chi connectivity index (χ4v) is 4.38. The molecule has 0 spiro atoms. The first-order valence-corrected chi connectivity index (χ1v) is 10.0. The lowest BCUT2D eigenvalue weighted by Gasteiger charge is -2.34. The third kappa shape index (κ3) is 4.70. The van der Waals surface area contributed by atoms with Gasteiger partial charge in [0.2, 0.25) is 10.0 Å². The largest absolute Gasteiger partial charge is 0.573 e. The van der Waals surface area contributed by atoms with Crippen molar-refractivity contribution in [2.45, 2.75) is 11.3 Å². The van der Waals surface area contributed by atoms with Gasteiger partial charge in [0.1, 0.15) is 22.9 Å². The minimum Gasteiger partial charge on any atom is -0.406 e. The summed E-state index contributed by atoms with van der Waals surface area (Å²) < 4.78 is 94.3. The Morgan fingerprint density at radius 1 is 0.900 bits per heavy atom. The van der Waals surface area contributed by atoms with Crippen LogP contribution in [0.25, 0.3) is 0 Å². The summed E-state index contributed by atoms with van der Waals surface area (Å²) in [7, 11) is -4.04. The van der Waals surface area contributed by atoms with E-state index in [2.05, 4.69) is 4.74 Å². The summed E-state index contributed by atoms with van der Waals surface area (Å²) in [5, 5.41) is 0. The zero-order chi connectivity index (χ0) is 22.1. The van der Waals surface area contributed by atoms with Crippen LogP contribution in [0.5, 0.6) is 5.75 Å². The number of hydrogen-bond acceptors (Lipinski definition) is 4. The van der Waals surface area contributed by atoms with Gasteiger partial charge in [-0.05, 0) is 36.4 Å². The van der Waals surface area contributed by atoms with E-state index in [0.717, 1.165) is 51.7 Å². The molecule has 2 aromatic rings. The molecule has 1 aliphatic rings. The van der Waals surface area contributed by atoms with Gasteiger partial charge >= 0.3 is 6.36 Å². The third-order valence-electron chi connectivity index (χ3n) is 4.40. The first-order valence-electron chi connectivity index (χ1n) is 8.58. The molecule has 6 nitrogen and oxygen atoms in total. The summed E-state index contributed by atoms with van der Waals surface area (Å²) in [6, 6.07) is 6.72. The van der Waals surface area contributed by atoms with Crippen LogP contribution < -0.4 is 4.74 Å². The summed E-state index contributed by atoms with van der Waals surface area (Å²) in [6.45, 7) is -0.516. The maximum atomic E-state index is 13.8. The number of carbonyl (C=O) groups is 1. The minimum absolute atomic E-state index is 0.110. The molecule has 1 fully saturated rings. The quantitative estimate of drug-likeness (QED) is 0.672. The van der Waals surface area contributed by atoms with Crippen LogP contribution in [0, 0.1) is 11.6 Å². The summed E-state index contributed by atoms with van der Waals surface area (Å²) in [4.78, 5) is 13.3. The predicted octanol–water partition coefficient (Wildman–Crippen LogP) is 3.01. The van der Waals surface area contributed by atoms with Crippen molar-refractivity contribution in [2.75, 3.05) is 26.2 Å². The highest BCUT2D eigenvalue weighted by atomic mass is 32.2. The highest BCUT2D eigenvalue weighted by Crippen LogP contribution is 2.26. The molecule has 0 saturated carbocycles. The molecule has 1 aliphatic heterocycles. The van der Waals surface area contributed by atoms with Gasteiger partial charge in [-0.2, -0.15) is 4.31 Å². The summed E-state index contributed by atoms with van der Waals surface area (Å²) >= 11 is 0. The highest BCUT2D eigenvalue weighted by molar-refractivity contribution is 7.89. The van der Waals surface area contributed by atoms with Crippen LogP contribution >= 0.6 is 0 Å². The topological polar surface area (TPSA) is 66.9 Å². The van der Waals surface area contributed by atoms with Crippen LogP contribution in [0.2, 0.25) is 0 Å². The van der Waals surface area contributed by atoms with Gasteiger partial charge in [-0.25, -0.2) is 17.2 Å². The molecule has 0 radical (unpaired) electrons. The third-order valence-corrected chi connectivity index (χ3v) is 6.31. The van der Waals surface area contributed by atoms with Crippen molar-refractivity contribution in [3.05, 3.63) is 59.7 Å². The van der Waals surface area contributed by atoms with Crippen molar-refractivity contribution in [3.63, 3.8) is 0 Å². The number of ether oxygens (including phenoxy) is 1. The Labute approximate surface area is 168 Å². The van der Waals surface area contributed by atoms with Gasteiger partial charge in [0.15, 0.2) is 0 Å². The van der Waals surface area contributed by atoms with Gasteiger partial charge < -0.3 is 9.64 Å². The molecule has 2 aromatic carbocycles. The maximum absolute atomic E-state index is 13.8. The van der Waals surface area contributed by atoms with Gasteiger partial charge in [0.05, 0.1) is 4.90 Å². The van der Waals surface area contributed by atoms with Crippen LogP contribution in [0.1, 0.15) is 10.4 Å². The van der Waals surface area contributed by atoms with Crippen LogP contribution in [0.3, 0.4) is 0 Å². The van der Waals surface area contributed by atoms with E-state index in [9.17, 15) is 35.2 Å². The standard InChI is InChI=1S/C18H15F5N2O4S/c19-14-2-1-3-15(20)16(14)17(26)24-8-10-25(11-9-24)30(27,28)13-6-4-12(5-7-13)29-18(21,22)23/h1-7H,8-11H2. The summed E-state index contributed by atoms with van der Waals surface area (Å²) in [5.41, 5.74) is -0.714. The fraction of sp³-hybridized carbons (Fsp3) is 0.278. The van der Waals surface area contributed by atoms with Crippen molar-refractivity contribution >= 4 is 15.9 Å². The molecule has 162 valence electrons. The molecule has 0 atom stereocenters. The first kappa shape index (κ1) is 22.0. The maximum Gasteiger partial charge on any atom is 0.573 e. The van der Waals surface area contributed by atoms with Crippen molar-refractivity contribution in [1.29, 1.82) is 0 Å². The Morgan fingerprint density at radius 3 is 1.93 bits per heavy atom. The summed E-state index contributed by atoms with van der Waals surface area (Å²) in [5.74, 6) is -3.49. The lowest BCUT2D eigenvalue weighted by molar-refractivity contribution is -0.274. The Kier molecular flexibility index (Phi) is 5.99. The molecule has 30 heavy (non-hydrogen) atoms. The van der Waals surface area contributed by atoms with Crippen molar-refractivity contribution < 1.29 is 39.9 Å². The number of hydrogen-bond donors (Lipinski definition) is 0. The number of carbonyl (C=O) groups excluding carboxylic acids is 1. The molecular formula is C18H15F5N2O4S. The van der Waals surface area contributed by atoms with E-state index in [1.54, 1.807) is 0 Å². The lowest BCUT2D eigenvalue weighted by atomic mass is 10.1. The van der Waals surface area contributed by atoms with Gasteiger partial charge in [0.25, 0.3) is 5.91 Å². The molecule has 3 rings (SSSR count). The molecule has 0 aromatic heterocycles. The fourth-order valence-electron chi connectivity index (χ4n) is 2.95.